The van der Waals surface area contributed by atoms with Gasteiger partial charge in [0, 0.05) is 30.3 Å². The molecule has 0 heterocycles. The van der Waals surface area contributed by atoms with Gasteiger partial charge in [-0.1, -0.05) is 39.8 Å². The van der Waals surface area contributed by atoms with Crippen LogP contribution in [0.2, 0.25) is 0 Å². The Morgan fingerprint density at radius 3 is 2.52 bits per heavy atom. The molecule has 1 N–H and O–H groups in total. The monoisotopic (exact) mass is 374 g/mol. The summed E-state index contributed by atoms with van der Waals surface area (Å²) in [6, 6.07) is 0. The Balaban J connectivity index is 2.11. The molecule has 0 aliphatic heterocycles. The molecule has 2 bridgehead atoms. The van der Waals surface area contributed by atoms with Crippen molar-refractivity contribution in [1.82, 2.24) is 0 Å². The van der Waals surface area contributed by atoms with E-state index in [1.165, 1.54) is 6.92 Å². The molecule has 5 nitrogen and oxygen atoms in total. The van der Waals surface area contributed by atoms with Crippen molar-refractivity contribution in [2.75, 3.05) is 0 Å². The third kappa shape index (κ3) is 3.31. The summed E-state index contributed by atoms with van der Waals surface area (Å²) in [5, 5.41) is 10.9. The Morgan fingerprint density at radius 2 is 1.89 bits per heavy atom. The fourth-order valence-electron chi connectivity index (χ4n) is 5.57. The molecule has 0 spiro atoms. The largest absolute Gasteiger partial charge is 0.454 e. The number of carbonyl (C=O) groups is 3. The van der Waals surface area contributed by atoms with E-state index in [4.69, 9.17) is 4.74 Å². The highest BCUT2D eigenvalue weighted by molar-refractivity contribution is 6.11. The van der Waals surface area contributed by atoms with Crippen LogP contribution in [0.15, 0.2) is 23.8 Å². The van der Waals surface area contributed by atoms with Gasteiger partial charge in [0.05, 0.1) is 6.10 Å². The van der Waals surface area contributed by atoms with E-state index < -0.39 is 23.6 Å². The van der Waals surface area contributed by atoms with Crippen molar-refractivity contribution >= 4 is 17.5 Å². The van der Waals surface area contributed by atoms with Crippen molar-refractivity contribution in [3.8, 4) is 0 Å². The van der Waals surface area contributed by atoms with Crippen LogP contribution in [0.25, 0.3) is 0 Å². The number of aliphatic hydroxyl groups is 1. The first kappa shape index (κ1) is 20.0. The van der Waals surface area contributed by atoms with Gasteiger partial charge in [-0.15, -0.1) is 0 Å². The predicted molar refractivity (Wildman–Crippen MR) is 101 cm³/mol. The van der Waals surface area contributed by atoms with Gasteiger partial charge < -0.3 is 9.84 Å². The minimum Gasteiger partial charge on any atom is -0.454 e. The number of hydrogen-bond acceptors (Lipinski definition) is 5. The molecule has 0 aromatic heterocycles. The number of aliphatic hydroxyl groups excluding tert-OH is 1. The van der Waals surface area contributed by atoms with E-state index in [1.54, 1.807) is 6.08 Å². The summed E-state index contributed by atoms with van der Waals surface area (Å²) in [6.07, 6.45) is 3.03. The number of ketones is 2. The number of carbonyl (C=O) groups excluding carboxylic acids is 3. The highest BCUT2D eigenvalue weighted by Crippen LogP contribution is 2.55. The van der Waals surface area contributed by atoms with Crippen molar-refractivity contribution < 1.29 is 24.2 Å². The molecule has 148 valence electrons. The minimum absolute atomic E-state index is 0.0910. The Morgan fingerprint density at radius 1 is 1.22 bits per heavy atom. The molecule has 0 unspecified atom stereocenters. The van der Waals surface area contributed by atoms with Crippen LogP contribution < -0.4 is 0 Å². The number of allylic oxidation sites excluding steroid dienone is 2. The quantitative estimate of drug-likeness (QED) is 0.563. The maximum absolute atomic E-state index is 13.6. The molecule has 0 amide bonds. The van der Waals surface area contributed by atoms with Crippen LogP contribution in [0.1, 0.15) is 59.8 Å². The first-order valence-electron chi connectivity index (χ1n) is 9.82. The second-order valence-electron chi connectivity index (χ2n) is 9.34. The number of hydrogen-bond donors (Lipinski definition) is 1. The standard InChI is InChI=1S/C22H30O5/c1-12-14-9-15(19(12)25)16(24)11-18-21(3,4)7-6-8-22(18,5)20(26)17(10-14)27-13(2)23/h9,14,16-18,24H,1,6-8,10-11H2,2-5H3/t14-,16-,17+,18+,22+/m0/s1. The van der Waals surface area contributed by atoms with Gasteiger partial charge in [0.1, 0.15) is 0 Å². The highest BCUT2D eigenvalue weighted by atomic mass is 16.5. The molecule has 0 aromatic rings. The molecule has 0 aromatic carbocycles. The molecule has 0 saturated heterocycles. The average molecular weight is 374 g/mol. The summed E-state index contributed by atoms with van der Waals surface area (Å²) in [5.74, 6) is -1.32. The second-order valence-corrected chi connectivity index (χ2v) is 9.34. The third-order valence-electron chi connectivity index (χ3n) is 7.06. The highest BCUT2D eigenvalue weighted by Gasteiger charge is 2.54. The molecule has 5 heteroatoms. The van der Waals surface area contributed by atoms with Gasteiger partial charge in [0.2, 0.25) is 0 Å². The van der Waals surface area contributed by atoms with E-state index >= 15 is 0 Å². The van der Waals surface area contributed by atoms with Crippen molar-refractivity contribution in [1.29, 1.82) is 0 Å². The zero-order valence-corrected chi connectivity index (χ0v) is 16.7. The smallest absolute Gasteiger partial charge is 0.303 e. The fraction of sp³-hybridized carbons (Fsp3) is 0.682. The van der Waals surface area contributed by atoms with Crippen LogP contribution in [0.3, 0.4) is 0 Å². The van der Waals surface area contributed by atoms with E-state index in [2.05, 4.69) is 20.4 Å². The van der Waals surface area contributed by atoms with Crippen molar-refractivity contribution in [2.24, 2.45) is 22.7 Å². The van der Waals surface area contributed by atoms with Crippen LogP contribution >= 0.6 is 0 Å². The van der Waals surface area contributed by atoms with E-state index in [0.717, 1.165) is 12.8 Å². The minimum atomic E-state index is -0.904. The Bertz CT molecular complexity index is 731. The fourth-order valence-corrected chi connectivity index (χ4v) is 5.57. The van der Waals surface area contributed by atoms with Crippen LogP contribution in [-0.2, 0) is 19.1 Å². The summed E-state index contributed by atoms with van der Waals surface area (Å²) in [6.45, 7) is 11.4. The maximum atomic E-state index is 13.6. The summed E-state index contributed by atoms with van der Waals surface area (Å²) < 4.78 is 5.45. The van der Waals surface area contributed by atoms with Gasteiger partial charge >= 0.3 is 5.97 Å². The van der Waals surface area contributed by atoms with E-state index in [-0.39, 0.29) is 35.2 Å². The maximum Gasteiger partial charge on any atom is 0.303 e. The molecule has 3 aliphatic rings. The zero-order valence-electron chi connectivity index (χ0n) is 16.7. The van der Waals surface area contributed by atoms with Gasteiger partial charge in [-0.05, 0) is 36.2 Å². The normalized spacial score (nSPS) is 38.9. The van der Waals surface area contributed by atoms with Crippen molar-refractivity contribution in [3.63, 3.8) is 0 Å². The first-order chi connectivity index (χ1) is 12.5. The van der Waals surface area contributed by atoms with Crippen LogP contribution in [0.5, 0.6) is 0 Å². The third-order valence-corrected chi connectivity index (χ3v) is 7.06. The van der Waals surface area contributed by atoms with Crippen molar-refractivity contribution in [2.45, 2.75) is 72.0 Å². The number of rotatable bonds is 1. The number of esters is 1. The van der Waals surface area contributed by atoms with Gasteiger partial charge in [-0.2, -0.15) is 0 Å². The van der Waals surface area contributed by atoms with E-state index in [0.29, 0.717) is 24.0 Å². The molecule has 1 saturated carbocycles. The van der Waals surface area contributed by atoms with Crippen LogP contribution in [0.4, 0.5) is 0 Å². The van der Waals surface area contributed by atoms with Crippen molar-refractivity contribution in [3.05, 3.63) is 23.8 Å². The lowest BCUT2D eigenvalue weighted by molar-refractivity contribution is -0.163. The molecule has 5 atom stereocenters. The van der Waals surface area contributed by atoms with Gasteiger partial charge in [0.25, 0.3) is 0 Å². The number of fused-ring (bicyclic) bond motifs is 2. The number of Topliss-reactive ketones (excluding diaryl/α,β-unsaturated/α-hetero) is 2. The molecular formula is C22H30O5. The zero-order chi connectivity index (χ0) is 20.1. The lowest BCUT2D eigenvalue weighted by Gasteiger charge is -2.51. The molecule has 1 fully saturated rings. The molecule has 27 heavy (non-hydrogen) atoms. The number of ether oxygens (including phenoxy) is 1. The lowest BCUT2D eigenvalue weighted by atomic mass is 9.52. The summed E-state index contributed by atoms with van der Waals surface area (Å²) in [5.41, 5.74) is -0.125. The van der Waals surface area contributed by atoms with Gasteiger partial charge in [-0.25, -0.2) is 0 Å². The molecular weight excluding hydrogens is 344 g/mol. The topological polar surface area (TPSA) is 80.7 Å². The molecule has 0 radical (unpaired) electrons. The average Bonchev–Trinajstić information content (AvgIpc) is 2.84. The van der Waals surface area contributed by atoms with E-state index in [1.807, 2.05) is 6.92 Å². The van der Waals surface area contributed by atoms with Crippen LogP contribution in [-0.4, -0.2) is 34.9 Å². The Kier molecular flexibility index (Phi) is 4.96. The molecule has 3 aliphatic carbocycles. The Hall–Kier alpha value is -1.75. The second kappa shape index (κ2) is 6.69. The Labute approximate surface area is 160 Å². The predicted octanol–water partition coefficient (Wildman–Crippen LogP) is 3.16. The van der Waals surface area contributed by atoms with E-state index in [9.17, 15) is 19.5 Å². The molecule has 3 rings (SSSR count). The van der Waals surface area contributed by atoms with Crippen LogP contribution in [0, 0.1) is 22.7 Å². The lowest BCUT2D eigenvalue weighted by Crippen LogP contribution is -2.52. The first-order valence-corrected chi connectivity index (χ1v) is 9.82. The summed E-state index contributed by atoms with van der Waals surface area (Å²) in [7, 11) is 0. The summed E-state index contributed by atoms with van der Waals surface area (Å²) in [4.78, 5) is 37.9. The van der Waals surface area contributed by atoms with Gasteiger partial charge in [-0.3, -0.25) is 14.4 Å². The SMILES string of the molecule is C=C1C(=O)C2=C[C@H]1C[C@@H](OC(C)=O)C(=O)[C@]1(C)CCCC(C)(C)[C@H]1C[C@@H]2O. The van der Waals surface area contributed by atoms with Gasteiger partial charge in [0.15, 0.2) is 17.7 Å². The summed E-state index contributed by atoms with van der Waals surface area (Å²) >= 11 is 0.